The molecule has 0 bridgehead atoms. The number of guanidine groups is 1. The van der Waals surface area contributed by atoms with Gasteiger partial charge in [-0.25, -0.2) is 0 Å². The van der Waals surface area contributed by atoms with Crippen LogP contribution in [-0.2, 0) is 0 Å². The summed E-state index contributed by atoms with van der Waals surface area (Å²) in [5.41, 5.74) is 5.89. The molecule has 0 radical (unpaired) electrons. The molecule has 21 heavy (non-hydrogen) atoms. The molecule has 0 heterocycles. The smallest absolute Gasteiger partial charge is 0.213 e. The Kier molecular flexibility index (Phi) is 14.8. The molecule has 0 fully saturated rings. The molecule has 0 aromatic rings. The minimum absolute atomic E-state index is 0.497. The fourth-order valence-corrected chi connectivity index (χ4v) is 2.59. The van der Waals surface area contributed by atoms with Gasteiger partial charge in [-0.05, 0) is 12.8 Å². The van der Waals surface area contributed by atoms with Gasteiger partial charge in [0, 0.05) is 13.1 Å². The zero-order valence-electron chi connectivity index (χ0n) is 14.4. The summed E-state index contributed by atoms with van der Waals surface area (Å²) >= 11 is 0. The van der Waals surface area contributed by atoms with Crippen molar-refractivity contribution in [3.05, 3.63) is 0 Å². The van der Waals surface area contributed by atoms with Crippen molar-refractivity contribution in [3.8, 4) is 0 Å². The lowest BCUT2D eigenvalue weighted by Gasteiger charge is -2.23. The SMILES string of the molecule is CCCCCCCCN(CCCCCCCC)/C(N)=N/N. The average molecular weight is 299 g/mol. The summed E-state index contributed by atoms with van der Waals surface area (Å²) in [6, 6.07) is 0. The number of hydrazone groups is 1. The standard InChI is InChI=1S/C17H38N4/c1-3-5-7-9-11-13-15-21(17(18)20-19)16-14-12-10-8-6-4-2/h3-16,19H2,1-2H3,(H2,18,20). The molecule has 0 aliphatic heterocycles. The van der Waals surface area contributed by atoms with Crippen molar-refractivity contribution in [3.63, 3.8) is 0 Å². The lowest BCUT2D eigenvalue weighted by molar-refractivity contribution is 0.379. The summed E-state index contributed by atoms with van der Waals surface area (Å²) in [6.45, 7) is 6.49. The van der Waals surface area contributed by atoms with Gasteiger partial charge in [0.15, 0.2) is 0 Å². The third-order valence-electron chi connectivity index (χ3n) is 4.02. The molecule has 4 heteroatoms. The molecule has 0 saturated carbocycles. The monoisotopic (exact) mass is 298 g/mol. The van der Waals surface area contributed by atoms with E-state index in [1.807, 2.05) is 0 Å². The number of hydrogen-bond donors (Lipinski definition) is 2. The predicted octanol–water partition coefficient (Wildman–Crippen LogP) is 4.20. The minimum atomic E-state index is 0.497. The van der Waals surface area contributed by atoms with Crippen LogP contribution in [0, 0.1) is 0 Å². The maximum Gasteiger partial charge on any atom is 0.213 e. The van der Waals surface area contributed by atoms with Gasteiger partial charge >= 0.3 is 0 Å². The largest absolute Gasteiger partial charge is 0.368 e. The Hall–Kier alpha value is -0.930. The van der Waals surface area contributed by atoms with Crippen LogP contribution in [0.3, 0.4) is 0 Å². The van der Waals surface area contributed by atoms with E-state index in [9.17, 15) is 0 Å². The Morgan fingerprint density at radius 1 is 0.714 bits per heavy atom. The second-order valence-electron chi connectivity index (χ2n) is 6.01. The molecule has 0 aromatic heterocycles. The van der Waals surface area contributed by atoms with E-state index in [1.165, 1.54) is 77.0 Å². The van der Waals surface area contributed by atoms with Crippen molar-refractivity contribution in [1.82, 2.24) is 4.90 Å². The van der Waals surface area contributed by atoms with Gasteiger partial charge in [-0.15, -0.1) is 5.10 Å². The van der Waals surface area contributed by atoms with Gasteiger partial charge in [0.2, 0.25) is 5.96 Å². The first-order valence-electron chi connectivity index (χ1n) is 9.04. The molecule has 0 aliphatic carbocycles. The number of unbranched alkanes of at least 4 members (excludes halogenated alkanes) is 10. The fourth-order valence-electron chi connectivity index (χ4n) is 2.59. The lowest BCUT2D eigenvalue weighted by atomic mass is 10.1. The number of rotatable bonds is 14. The highest BCUT2D eigenvalue weighted by atomic mass is 15.3. The predicted molar refractivity (Wildman–Crippen MR) is 94.1 cm³/mol. The fraction of sp³-hybridized carbons (Fsp3) is 0.941. The zero-order chi connectivity index (χ0) is 15.8. The Labute approximate surface area is 132 Å². The molecule has 0 aliphatic rings. The molecule has 4 nitrogen and oxygen atoms in total. The molecule has 0 saturated heterocycles. The Balaban J connectivity index is 3.73. The van der Waals surface area contributed by atoms with Crippen molar-refractivity contribution in [2.75, 3.05) is 13.1 Å². The molecule has 0 atom stereocenters. The van der Waals surface area contributed by atoms with E-state index in [2.05, 4.69) is 23.8 Å². The van der Waals surface area contributed by atoms with Crippen molar-refractivity contribution in [2.24, 2.45) is 16.7 Å². The van der Waals surface area contributed by atoms with Crippen LogP contribution in [0.4, 0.5) is 0 Å². The summed E-state index contributed by atoms with van der Waals surface area (Å²) in [5, 5.41) is 3.67. The van der Waals surface area contributed by atoms with Crippen LogP contribution in [0.5, 0.6) is 0 Å². The Morgan fingerprint density at radius 2 is 1.10 bits per heavy atom. The molecular weight excluding hydrogens is 260 g/mol. The topological polar surface area (TPSA) is 67.6 Å². The summed E-state index contributed by atoms with van der Waals surface area (Å²) < 4.78 is 0. The quantitative estimate of drug-likeness (QED) is 0.166. The maximum absolute atomic E-state index is 5.89. The first-order chi connectivity index (χ1) is 10.3. The highest BCUT2D eigenvalue weighted by molar-refractivity contribution is 5.77. The molecule has 0 amide bonds. The van der Waals surface area contributed by atoms with E-state index in [0.717, 1.165) is 13.1 Å². The van der Waals surface area contributed by atoms with Crippen LogP contribution >= 0.6 is 0 Å². The first-order valence-corrected chi connectivity index (χ1v) is 9.04. The number of hydrogen-bond acceptors (Lipinski definition) is 2. The van der Waals surface area contributed by atoms with Crippen LogP contribution in [0.25, 0.3) is 0 Å². The summed E-state index contributed by atoms with van der Waals surface area (Å²) in [6.07, 6.45) is 15.6. The van der Waals surface area contributed by atoms with Gasteiger partial charge in [-0.2, -0.15) is 0 Å². The van der Waals surface area contributed by atoms with E-state index in [4.69, 9.17) is 11.6 Å². The van der Waals surface area contributed by atoms with E-state index in [0.29, 0.717) is 5.96 Å². The molecule has 126 valence electrons. The van der Waals surface area contributed by atoms with Crippen LogP contribution in [-0.4, -0.2) is 23.9 Å². The third kappa shape index (κ3) is 12.5. The van der Waals surface area contributed by atoms with Crippen molar-refractivity contribution in [2.45, 2.75) is 90.9 Å². The highest BCUT2D eigenvalue weighted by Gasteiger charge is 2.07. The van der Waals surface area contributed by atoms with Crippen molar-refractivity contribution in [1.29, 1.82) is 0 Å². The minimum Gasteiger partial charge on any atom is -0.368 e. The lowest BCUT2D eigenvalue weighted by Crippen LogP contribution is -2.39. The third-order valence-corrected chi connectivity index (χ3v) is 4.02. The molecule has 0 spiro atoms. The zero-order valence-corrected chi connectivity index (χ0v) is 14.4. The van der Waals surface area contributed by atoms with E-state index in [-0.39, 0.29) is 0 Å². The van der Waals surface area contributed by atoms with Crippen LogP contribution in [0.2, 0.25) is 0 Å². The molecular formula is C17H38N4. The summed E-state index contributed by atoms with van der Waals surface area (Å²) in [7, 11) is 0. The number of nitrogens with zero attached hydrogens (tertiary/aromatic N) is 2. The van der Waals surface area contributed by atoms with Gasteiger partial charge in [-0.3, -0.25) is 0 Å². The van der Waals surface area contributed by atoms with Crippen molar-refractivity contribution >= 4 is 5.96 Å². The number of nitrogens with two attached hydrogens (primary N) is 2. The van der Waals surface area contributed by atoms with E-state index in [1.54, 1.807) is 0 Å². The molecule has 0 unspecified atom stereocenters. The van der Waals surface area contributed by atoms with Crippen LogP contribution in [0.1, 0.15) is 90.9 Å². The Morgan fingerprint density at radius 3 is 1.48 bits per heavy atom. The van der Waals surface area contributed by atoms with Gasteiger partial charge in [-0.1, -0.05) is 78.1 Å². The average Bonchev–Trinajstić information content (AvgIpc) is 2.51. The normalized spacial score (nSPS) is 11.8. The molecule has 0 aromatic carbocycles. The van der Waals surface area contributed by atoms with E-state index >= 15 is 0 Å². The second-order valence-corrected chi connectivity index (χ2v) is 6.01. The van der Waals surface area contributed by atoms with E-state index < -0.39 is 0 Å². The highest BCUT2D eigenvalue weighted by Crippen LogP contribution is 2.08. The van der Waals surface area contributed by atoms with Gasteiger partial charge in [0.05, 0.1) is 0 Å². The molecule has 4 N–H and O–H groups in total. The first kappa shape index (κ1) is 20.1. The second kappa shape index (κ2) is 15.5. The Bertz CT molecular complexity index is 225. The van der Waals surface area contributed by atoms with Crippen LogP contribution < -0.4 is 11.6 Å². The van der Waals surface area contributed by atoms with Crippen LogP contribution in [0.15, 0.2) is 5.10 Å². The van der Waals surface area contributed by atoms with Gasteiger partial charge < -0.3 is 16.5 Å². The van der Waals surface area contributed by atoms with Gasteiger partial charge in [0.25, 0.3) is 0 Å². The maximum atomic E-state index is 5.89. The summed E-state index contributed by atoms with van der Waals surface area (Å²) in [5.74, 6) is 5.83. The summed E-state index contributed by atoms with van der Waals surface area (Å²) in [4.78, 5) is 2.15. The van der Waals surface area contributed by atoms with Gasteiger partial charge in [0.1, 0.15) is 0 Å². The van der Waals surface area contributed by atoms with Crippen molar-refractivity contribution < 1.29 is 0 Å². The molecule has 0 rings (SSSR count).